The van der Waals surface area contributed by atoms with Crippen LogP contribution in [0.4, 0.5) is 5.88 Å². The maximum atomic E-state index is 10.5. The normalized spacial score (nSPS) is 10.7. The van der Waals surface area contributed by atoms with Gasteiger partial charge in [0, 0.05) is 11.8 Å². The van der Waals surface area contributed by atoms with Gasteiger partial charge in [-0.15, -0.1) is 0 Å². The standard InChI is InChI=1S/C9H8N6O3S/c10-9(19)14-12-4-5-3-11-13-8(5)6-1-2-7(18-6)15(16)17/h1-4H,(H,11,13)(H3,10,14,19). The molecule has 0 fully saturated rings. The molecular formula is C9H8N6O3S. The van der Waals surface area contributed by atoms with Gasteiger partial charge in [0.05, 0.1) is 12.3 Å². The summed E-state index contributed by atoms with van der Waals surface area (Å²) >= 11 is 4.58. The van der Waals surface area contributed by atoms with Crippen LogP contribution in [0, 0.1) is 10.1 Å². The van der Waals surface area contributed by atoms with Gasteiger partial charge in [-0.1, -0.05) is 0 Å². The highest BCUT2D eigenvalue weighted by atomic mass is 32.1. The quantitative estimate of drug-likeness (QED) is 0.325. The molecule has 4 N–H and O–H groups in total. The minimum absolute atomic E-state index is 0.0231. The van der Waals surface area contributed by atoms with E-state index in [2.05, 4.69) is 32.9 Å². The molecule has 0 spiro atoms. The van der Waals surface area contributed by atoms with Crippen LogP contribution in [0.1, 0.15) is 5.56 Å². The van der Waals surface area contributed by atoms with E-state index in [9.17, 15) is 10.1 Å². The number of hydrogen-bond acceptors (Lipinski definition) is 6. The monoisotopic (exact) mass is 280 g/mol. The van der Waals surface area contributed by atoms with Crippen LogP contribution in [-0.2, 0) is 0 Å². The zero-order valence-corrected chi connectivity index (χ0v) is 10.2. The van der Waals surface area contributed by atoms with Gasteiger partial charge in [0.15, 0.2) is 10.9 Å². The van der Waals surface area contributed by atoms with Gasteiger partial charge in [0.2, 0.25) is 0 Å². The van der Waals surface area contributed by atoms with Gasteiger partial charge in [-0.05, 0) is 18.3 Å². The third-order valence-electron chi connectivity index (χ3n) is 2.05. The molecule has 0 bridgehead atoms. The SMILES string of the molecule is NC(=S)NN=Cc1c[nH]nc1-c1ccc([N+](=O)[O-])o1. The Morgan fingerprint density at radius 1 is 1.68 bits per heavy atom. The Kier molecular flexibility index (Phi) is 3.52. The molecule has 98 valence electrons. The number of nitrogens with one attached hydrogen (secondary N) is 2. The predicted octanol–water partition coefficient (Wildman–Crippen LogP) is 0.745. The van der Waals surface area contributed by atoms with Crippen LogP contribution in [0.5, 0.6) is 0 Å². The number of aromatic amines is 1. The number of nitrogens with two attached hydrogens (primary N) is 1. The second-order valence-corrected chi connectivity index (χ2v) is 3.76. The van der Waals surface area contributed by atoms with Gasteiger partial charge in [0.25, 0.3) is 0 Å². The second kappa shape index (κ2) is 5.27. The molecule has 2 aromatic heterocycles. The highest BCUT2D eigenvalue weighted by molar-refractivity contribution is 7.80. The van der Waals surface area contributed by atoms with Crippen molar-refractivity contribution in [1.29, 1.82) is 0 Å². The van der Waals surface area contributed by atoms with Gasteiger partial charge in [0.1, 0.15) is 10.6 Å². The maximum Gasteiger partial charge on any atom is 0.433 e. The number of hydrazone groups is 1. The summed E-state index contributed by atoms with van der Waals surface area (Å²) in [6.45, 7) is 0. The van der Waals surface area contributed by atoms with Crippen molar-refractivity contribution in [1.82, 2.24) is 15.6 Å². The number of rotatable bonds is 4. The summed E-state index contributed by atoms with van der Waals surface area (Å²) in [6, 6.07) is 2.70. The van der Waals surface area contributed by atoms with E-state index < -0.39 is 4.92 Å². The molecule has 0 aliphatic rings. The third-order valence-corrected chi connectivity index (χ3v) is 2.14. The van der Waals surface area contributed by atoms with Crippen molar-refractivity contribution < 1.29 is 9.34 Å². The molecule has 0 aliphatic heterocycles. The number of aromatic nitrogens is 2. The van der Waals surface area contributed by atoms with Crippen LogP contribution in [0.2, 0.25) is 0 Å². The topological polar surface area (TPSA) is 135 Å². The Labute approximate surface area is 111 Å². The molecule has 0 radical (unpaired) electrons. The molecule has 0 atom stereocenters. The Bertz CT molecular complexity index is 646. The molecule has 0 aromatic carbocycles. The maximum absolute atomic E-state index is 10.5. The van der Waals surface area contributed by atoms with Crippen LogP contribution in [-0.4, -0.2) is 26.4 Å². The van der Waals surface area contributed by atoms with Gasteiger partial charge in [-0.2, -0.15) is 10.2 Å². The van der Waals surface area contributed by atoms with Crippen molar-refractivity contribution in [3.8, 4) is 11.5 Å². The summed E-state index contributed by atoms with van der Waals surface area (Å²) in [5, 5.41) is 20.9. The third kappa shape index (κ3) is 2.93. The van der Waals surface area contributed by atoms with Crippen molar-refractivity contribution >= 4 is 29.4 Å². The summed E-state index contributed by atoms with van der Waals surface area (Å²) in [7, 11) is 0. The summed E-state index contributed by atoms with van der Waals surface area (Å²) in [5.41, 5.74) is 8.54. The average Bonchev–Trinajstić information content (AvgIpc) is 2.94. The van der Waals surface area contributed by atoms with Crippen molar-refractivity contribution in [3.05, 3.63) is 34.0 Å². The lowest BCUT2D eigenvalue weighted by Crippen LogP contribution is -2.23. The van der Waals surface area contributed by atoms with Gasteiger partial charge in [-0.25, -0.2) is 0 Å². The Balaban J connectivity index is 2.25. The summed E-state index contributed by atoms with van der Waals surface area (Å²) in [5.74, 6) is -0.105. The van der Waals surface area contributed by atoms with E-state index in [1.54, 1.807) is 6.20 Å². The second-order valence-electron chi connectivity index (χ2n) is 3.32. The lowest BCUT2D eigenvalue weighted by molar-refractivity contribution is -0.401. The van der Waals surface area contributed by atoms with Crippen molar-refractivity contribution in [2.75, 3.05) is 0 Å². The summed E-state index contributed by atoms with van der Waals surface area (Å²) < 4.78 is 5.04. The molecule has 9 nitrogen and oxygen atoms in total. The number of hydrogen-bond donors (Lipinski definition) is 3. The van der Waals surface area contributed by atoms with E-state index in [4.69, 9.17) is 10.2 Å². The summed E-state index contributed by atoms with van der Waals surface area (Å²) in [6.07, 6.45) is 2.96. The van der Waals surface area contributed by atoms with E-state index in [1.807, 2.05) is 0 Å². The van der Waals surface area contributed by atoms with Gasteiger partial charge in [-0.3, -0.25) is 20.6 Å². The van der Waals surface area contributed by atoms with Crippen LogP contribution in [0.3, 0.4) is 0 Å². The summed E-state index contributed by atoms with van der Waals surface area (Å²) in [4.78, 5) is 9.91. The number of furan rings is 1. The van der Waals surface area contributed by atoms with Crippen LogP contribution < -0.4 is 11.2 Å². The molecule has 0 saturated heterocycles. The molecular weight excluding hydrogens is 272 g/mol. The van der Waals surface area contributed by atoms with Crippen molar-refractivity contribution in [2.45, 2.75) is 0 Å². The minimum Gasteiger partial charge on any atom is -0.399 e. The molecule has 0 unspecified atom stereocenters. The number of H-pyrrole nitrogens is 1. The first-order valence-corrected chi connectivity index (χ1v) is 5.35. The molecule has 19 heavy (non-hydrogen) atoms. The van der Waals surface area contributed by atoms with E-state index in [1.165, 1.54) is 18.3 Å². The zero-order valence-electron chi connectivity index (χ0n) is 9.36. The Hall–Kier alpha value is -2.75. The number of thiocarbonyl (C=S) groups is 1. The zero-order chi connectivity index (χ0) is 13.8. The smallest absolute Gasteiger partial charge is 0.399 e. The Morgan fingerprint density at radius 2 is 2.47 bits per heavy atom. The largest absolute Gasteiger partial charge is 0.433 e. The van der Waals surface area contributed by atoms with E-state index >= 15 is 0 Å². The average molecular weight is 280 g/mol. The molecule has 0 saturated carbocycles. The van der Waals surface area contributed by atoms with Crippen LogP contribution in [0.15, 0.2) is 27.8 Å². The van der Waals surface area contributed by atoms with Crippen molar-refractivity contribution in [3.63, 3.8) is 0 Å². The minimum atomic E-state index is -0.627. The molecule has 0 amide bonds. The van der Waals surface area contributed by atoms with Crippen LogP contribution >= 0.6 is 12.2 Å². The molecule has 0 aliphatic carbocycles. The van der Waals surface area contributed by atoms with Crippen LogP contribution in [0.25, 0.3) is 11.5 Å². The first kappa shape index (κ1) is 12.7. The Morgan fingerprint density at radius 3 is 3.11 bits per heavy atom. The van der Waals surface area contributed by atoms with Crippen molar-refractivity contribution in [2.24, 2.45) is 10.8 Å². The number of nitro groups is 1. The highest BCUT2D eigenvalue weighted by Crippen LogP contribution is 2.26. The highest BCUT2D eigenvalue weighted by Gasteiger charge is 2.16. The van der Waals surface area contributed by atoms with E-state index in [0.717, 1.165) is 0 Å². The first-order valence-electron chi connectivity index (χ1n) is 4.95. The lowest BCUT2D eigenvalue weighted by Gasteiger charge is -1.94. The predicted molar refractivity (Wildman–Crippen MR) is 70.5 cm³/mol. The number of nitrogens with zero attached hydrogens (tertiary/aromatic N) is 3. The fraction of sp³-hybridized carbons (Fsp3) is 0. The fourth-order valence-corrected chi connectivity index (χ4v) is 1.37. The molecule has 2 aromatic rings. The molecule has 2 rings (SSSR count). The van der Waals surface area contributed by atoms with Gasteiger partial charge < -0.3 is 10.2 Å². The fourth-order valence-electron chi connectivity index (χ4n) is 1.31. The first-order chi connectivity index (χ1) is 9.08. The lowest BCUT2D eigenvalue weighted by atomic mass is 10.2. The van der Waals surface area contributed by atoms with E-state index in [-0.39, 0.29) is 16.8 Å². The molecule has 2 heterocycles. The molecule has 10 heteroatoms. The van der Waals surface area contributed by atoms with Gasteiger partial charge >= 0.3 is 5.88 Å². The van der Waals surface area contributed by atoms with E-state index in [0.29, 0.717) is 11.3 Å².